The highest BCUT2D eigenvalue weighted by Gasteiger charge is 2.20. The fourth-order valence-electron chi connectivity index (χ4n) is 2.37. The molecule has 0 radical (unpaired) electrons. The van der Waals surface area contributed by atoms with E-state index in [1.165, 1.54) is 0 Å². The smallest absolute Gasteiger partial charge is 0.222 e. The van der Waals surface area contributed by atoms with Gasteiger partial charge in [0.15, 0.2) is 0 Å². The van der Waals surface area contributed by atoms with Crippen molar-refractivity contribution in [3.8, 4) is 0 Å². The normalized spacial score (nSPS) is 16.8. The molecule has 1 amide bonds. The second-order valence-electron chi connectivity index (χ2n) is 4.97. The summed E-state index contributed by atoms with van der Waals surface area (Å²) in [6, 6.07) is 0. The summed E-state index contributed by atoms with van der Waals surface area (Å²) >= 11 is 0. The third kappa shape index (κ3) is 4.04. The summed E-state index contributed by atoms with van der Waals surface area (Å²) in [4.78, 5) is 16.2. The molecule has 1 aliphatic heterocycles. The number of carbonyl (C=O) groups excluding carboxylic acids is 1. The van der Waals surface area contributed by atoms with Crippen molar-refractivity contribution in [3.05, 3.63) is 18.0 Å². The lowest BCUT2D eigenvalue weighted by atomic mass is 10.2. The fourth-order valence-corrected chi connectivity index (χ4v) is 2.37. The topological polar surface area (TPSA) is 61.6 Å². The molecule has 2 heterocycles. The number of hydrogen-bond donors (Lipinski definition) is 1. The monoisotopic (exact) mass is 266 g/mol. The maximum absolute atomic E-state index is 12.1. The molecule has 0 saturated carbocycles. The SMILES string of the molecule is Cn1cc(CCC(=O)N2CCN(CCO)CC2)cn1. The first-order chi connectivity index (χ1) is 9.19. The van der Waals surface area contributed by atoms with Crippen LogP contribution in [-0.2, 0) is 18.3 Å². The van der Waals surface area contributed by atoms with E-state index in [9.17, 15) is 4.79 Å². The standard InChI is InChI=1S/C13H22N4O2/c1-15-11-12(10-14-15)2-3-13(19)17-6-4-16(5-7-17)8-9-18/h10-11,18H,2-9H2,1H3. The number of carbonyl (C=O) groups is 1. The molecule has 1 fully saturated rings. The number of nitrogens with zero attached hydrogens (tertiary/aromatic N) is 4. The highest BCUT2D eigenvalue weighted by Crippen LogP contribution is 2.07. The molecule has 19 heavy (non-hydrogen) atoms. The summed E-state index contributed by atoms with van der Waals surface area (Å²) in [6.07, 6.45) is 5.06. The first kappa shape index (κ1) is 14.0. The van der Waals surface area contributed by atoms with Gasteiger partial charge in [-0.2, -0.15) is 5.10 Å². The van der Waals surface area contributed by atoms with Crippen molar-refractivity contribution in [2.24, 2.45) is 7.05 Å². The predicted octanol–water partition coefficient (Wildman–Crippen LogP) is -0.511. The molecule has 0 bridgehead atoms. The summed E-state index contributed by atoms with van der Waals surface area (Å²) in [5.74, 6) is 0.215. The number of aliphatic hydroxyl groups excluding tert-OH is 1. The molecule has 0 aliphatic carbocycles. The average molecular weight is 266 g/mol. The molecule has 1 aromatic heterocycles. The van der Waals surface area contributed by atoms with Crippen LogP contribution in [0.3, 0.4) is 0 Å². The zero-order valence-corrected chi connectivity index (χ0v) is 11.5. The Kier molecular flexibility index (Phi) is 4.93. The van der Waals surface area contributed by atoms with Gasteiger partial charge in [-0.1, -0.05) is 0 Å². The molecule has 1 saturated heterocycles. The average Bonchev–Trinajstić information content (AvgIpc) is 2.83. The van der Waals surface area contributed by atoms with Crippen molar-refractivity contribution >= 4 is 5.91 Å². The van der Waals surface area contributed by atoms with Gasteiger partial charge in [0.05, 0.1) is 12.8 Å². The van der Waals surface area contributed by atoms with E-state index in [0.29, 0.717) is 13.0 Å². The lowest BCUT2D eigenvalue weighted by Crippen LogP contribution is -2.49. The summed E-state index contributed by atoms with van der Waals surface area (Å²) in [5, 5.41) is 13.0. The van der Waals surface area contributed by atoms with E-state index in [0.717, 1.165) is 38.2 Å². The fraction of sp³-hybridized carbons (Fsp3) is 0.692. The molecule has 1 aromatic rings. The molecular formula is C13H22N4O2. The zero-order valence-electron chi connectivity index (χ0n) is 11.5. The van der Waals surface area contributed by atoms with Crippen LogP contribution >= 0.6 is 0 Å². The van der Waals surface area contributed by atoms with Gasteiger partial charge in [0.2, 0.25) is 5.91 Å². The second kappa shape index (κ2) is 6.68. The van der Waals surface area contributed by atoms with Gasteiger partial charge in [-0.3, -0.25) is 14.4 Å². The van der Waals surface area contributed by atoms with Crippen LogP contribution in [0.1, 0.15) is 12.0 Å². The third-order valence-corrected chi connectivity index (χ3v) is 3.53. The van der Waals surface area contributed by atoms with E-state index >= 15 is 0 Å². The maximum atomic E-state index is 12.1. The number of amides is 1. The zero-order chi connectivity index (χ0) is 13.7. The Morgan fingerprint density at radius 2 is 2.11 bits per heavy atom. The van der Waals surface area contributed by atoms with Gasteiger partial charge >= 0.3 is 0 Å². The van der Waals surface area contributed by atoms with Crippen molar-refractivity contribution in [2.45, 2.75) is 12.8 Å². The van der Waals surface area contributed by atoms with Crippen LogP contribution in [-0.4, -0.2) is 69.9 Å². The third-order valence-electron chi connectivity index (χ3n) is 3.53. The molecule has 6 heteroatoms. The van der Waals surface area contributed by atoms with Gasteiger partial charge in [-0.05, 0) is 12.0 Å². The van der Waals surface area contributed by atoms with Crippen molar-refractivity contribution in [2.75, 3.05) is 39.3 Å². The van der Waals surface area contributed by atoms with E-state index in [2.05, 4.69) is 10.00 Å². The largest absolute Gasteiger partial charge is 0.395 e. The molecule has 6 nitrogen and oxygen atoms in total. The van der Waals surface area contributed by atoms with Gasteiger partial charge in [0.25, 0.3) is 0 Å². The highest BCUT2D eigenvalue weighted by molar-refractivity contribution is 5.76. The van der Waals surface area contributed by atoms with E-state index in [1.807, 2.05) is 24.3 Å². The molecule has 0 aromatic carbocycles. The Morgan fingerprint density at radius 3 is 2.68 bits per heavy atom. The lowest BCUT2D eigenvalue weighted by Gasteiger charge is -2.34. The number of rotatable bonds is 5. The van der Waals surface area contributed by atoms with Gasteiger partial charge in [0, 0.05) is 52.4 Å². The Bertz CT molecular complexity index is 411. The quantitative estimate of drug-likeness (QED) is 0.780. The first-order valence-corrected chi connectivity index (χ1v) is 6.77. The predicted molar refractivity (Wildman–Crippen MR) is 71.6 cm³/mol. The van der Waals surface area contributed by atoms with E-state index < -0.39 is 0 Å². The number of aliphatic hydroxyl groups is 1. The van der Waals surface area contributed by atoms with Crippen LogP contribution in [0, 0.1) is 0 Å². The molecule has 0 atom stereocenters. The molecule has 0 unspecified atom stereocenters. The molecule has 0 spiro atoms. The van der Waals surface area contributed by atoms with Crippen molar-refractivity contribution in [3.63, 3.8) is 0 Å². The Balaban J connectivity index is 1.72. The highest BCUT2D eigenvalue weighted by atomic mass is 16.3. The van der Waals surface area contributed by atoms with Crippen LogP contribution in [0.5, 0.6) is 0 Å². The number of aryl methyl sites for hydroxylation is 2. The molecule has 1 aliphatic rings. The summed E-state index contributed by atoms with van der Waals surface area (Å²) in [5.41, 5.74) is 1.11. The lowest BCUT2D eigenvalue weighted by molar-refractivity contribution is -0.132. The van der Waals surface area contributed by atoms with Gasteiger partial charge in [0.1, 0.15) is 0 Å². The minimum Gasteiger partial charge on any atom is -0.395 e. The van der Waals surface area contributed by atoms with Crippen molar-refractivity contribution in [1.82, 2.24) is 19.6 Å². The van der Waals surface area contributed by atoms with Crippen LogP contribution in [0.4, 0.5) is 0 Å². The number of hydrogen-bond acceptors (Lipinski definition) is 4. The van der Waals surface area contributed by atoms with Crippen molar-refractivity contribution < 1.29 is 9.90 Å². The minimum absolute atomic E-state index is 0.189. The Labute approximate surface area is 113 Å². The van der Waals surface area contributed by atoms with Crippen LogP contribution in [0.15, 0.2) is 12.4 Å². The van der Waals surface area contributed by atoms with Crippen LogP contribution in [0.2, 0.25) is 0 Å². The molecule has 106 valence electrons. The van der Waals surface area contributed by atoms with Crippen LogP contribution < -0.4 is 0 Å². The van der Waals surface area contributed by atoms with Gasteiger partial charge < -0.3 is 10.0 Å². The summed E-state index contributed by atoms with van der Waals surface area (Å²) in [7, 11) is 1.88. The summed E-state index contributed by atoms with van der Waals surface area (Å²) < 4.78 is 1.76. The number of aromatic nitrogens is 2. The molecular weight excluding hydrogens is 244 g/mol. The minimum atomic E-state index is 0.189. The van der Waals surface area contributed by atoms with E-state index in [1.54, 1.807) is 4.68 Å². The maximum Gasteiger partial charge on any atom is 0.222 e. The van der Waals surface area contributed by atoms with E-state index in [-0.39, 0.29) is 12.5 Å². The summed E-state index contributed by atoms with van der Waals surface area (Å²) in [6.45, 7) is 4.16. The number of β-amino-alcohol motifs (C(OH)–C–C–N with tert-alkyl or cyclic N) is 1. The number of piperazine rings is 1. The second-order valence-corrected chi connectivity index (χ2v) is 4.97. The first-order valence-electron chi connectivity index (χ1n) is 6.77. The van der Waals surface area contributed by atoms with Crippen molar-refractivity contribution in [1.29, 1.82) is 0 Å². The molecule has 2 rings (SSSR count). The van der Waals surface area contributed by atoms with Crippen LogP contribution in [0.25, 0.3) is 0 Å². The van der Waals surface area contributed by atoms with Gasteiger partial charge in [-0.15, -0.1) is 0 Å². The Hall–Kier alpha value is -1.40. The Morgan fingerprint density at radius 1 is 1.37 bits per heavy atom. The van der Waals surface area contributed by atoms with Gasteiger partial charge in [-0.25, -0.2) is 0 Å². The van der Waals surface area contributed by atoms with E-state index in [4.69, 9.17) is 5.11 Å². The molecule has 1 N–H and O–H groups in total.